The molecule has 0 fully saturated rings. The van der Waals surface area contributed by atoms with Gasteiger partial charge < -0.3 is 9.94 Å². The molecular weight excluding hydrogens is 381 g/mol. The molecule has 1 aromatic heterocycles. The number of hydrogen-bond acceptors (Lipinski definition) is 4. The van der Waals surface area contributed by atoms with E-state index in [4.69, 9.17) is 33.3 Å². The number of benzene rings is 1. The molecule has 21 heavy (non-hydrogen) atoms. The van der Waals surface area contributed by atoms with E-state index in [1.165, 1.54) is 0 Å². The quantitative estimate of drug-likeness (QED) is 0.756. The Morgan fingerprint density at radius 1 is 1.43 bits per heavy atom. The Balaban J connectivity index is 2.46. The molecule has 1 aromatic carbocycles. The van der Waals surface area contributed by atoms with Gasteiger partial charge in [-0.3, -0.25) is 5.41 Å². The van der Waals surface area contributed by atoms with Crippen molar-refractivity contribution in [2.45, 2.75) is 19.8 Å². The van der Waals surface area contributed by atoms with Gasteiger partial charge in [0, 0.05) is 11.4 Å². The Morgan fingerprint density at radius 2 is 2.14 bits per heavy atom. The summed E-state index contributed by atoms with van der Waals surface area (Å²) in [5.41, 5.74) is -0.145. The first kappa shape index (κ1) is 16.1. The van der Waals surface area contributed by atoms with Gasteiger partial charge in [-0.15, -0.1) is 0 Å². The van der Waals surface area contributed by atoms with E-state index in [2.05, 4.69) is 20.9 Å². The second-order valence-corrected chi connectivity index (χ2v) is 5.87. The van der Waals surface area contributed by atoms with Crippen LogP contribution < -0.4 is 10.2 Å². The van der Waals surface area contributed by atoms with Crippen LogP contribution in [0.3, 0.4) is 0 Å². The number of nitrogens with zero attached hydrogens (tertiary/aromatic N) is 2. The highest BCUT2D eigenvalue weighted by Crippen LogP contribution is 2.32. The molecule has 2 aromatic rings. The second-order valence-electron chi connectivity index (χ2n) is 4.23. The molecule has 8 heteroatoms. The van der Waals surface area contributed by atoms with Crippen LogP contribution in [0.2, 0.25) is 10.0 Å². The smallest absolute Gasteiger partial charge is 0.239 e. The molecule has 0 aliphatic carbocycles. The van der Waals surface area contributed by atoms with Crippen molar-refractivity contribution in [2.24, 2.45) is 0 Å². The van der Waals surface area contributed by atoms with Crippen LogP contribution in [0.25, 0.3) is 0 Å². The van der Waals surface area contributed by atoms with Crippen molar-refractivity contribution < 1.29 is 9.94 Å². The Kier molecular flexibility index (Phi) is 5.13. The summed E-state index contributed by atoms with van der Waals surface area (Å²) in [6, 6.07) is 4.80. The van der Waals surface area contributed by atoms with Gasteiger partial charge in [0.1, 0.15) is 10.2 Å². The van der Waals surface area contributed by atoms with Gasteiger partial charge in [-0.1, -0.05) is 30.1 Å². The molecule has 2 N–H and O–H groups in total. The summed E-state index contributed by atoms with van der Waals surface area (Å²) in [5.74, 6) is 0.871. The van der Waals surface area contributed by atoms with E-state index < -0.39 is 0 Å². The fourth-order valence-electron chi connectivity index (χ4n) is 1.65. The topological polar surface area (TPSA) is 71.1 Å². The van der Waals surface area contributed by atoms with E-state index in [0.29, 0.717) is 28.0 Å². The van der Waals surface area contributed by atoms with Gasteiger partial charge >= 0.3 is 0 Å². The van der Waals surface area contributed by atoms with E-state index in [-0.39, 0.29) is 15.8 Å². The summed E-state index contributed by atoms with van der Waals surface area (Å²) < 4.78 is 6.58. The maximum Gasteiger partial charge on any atom is 0.239 e. The van der Waals surface area contributed by atoms with Crippen molar-refractivity contribution >= 4 is 39.1 Å². The number of hydrogen-bond donors (Lipinski definition) is 2. The average molecular weight is 393 g/mol. The normalized spacial score (nSPS) is 10.7. The summed E-state index contributed by atoms with van der Waals surface area (Å²) in [4.78, 5) is 4.21. The third kappa shape index (κ3) is 3.51. The molecule has 1 heterocycles. The number of rotatable bonds is 4. The van der Waals surface area contributed by atoms with Gasteiger partial charge in [-0.25, -0.2) is 0 Å². The number of halogens is 3. The van der Waals surface area contributed by atoms with Crippen LogP contribution in [0.5, 0.6) is 11.6 Å². The lowest BCUT2D eigenvalue weighted by atomic mass is 10.3. The molecule has 112 valence electrons. The van der Waals surface area contributed by atoms with Crippen LogP contribution >= 0.6 is 39.1 Å². The van der Waals surface area contributed by atoms with Gasteiger partial charge in [0.2, 0.25) is 5.88 Å². The number of aromatic nitrogens is 2. The first-order valence-corrected chi connectivity index (χ1v) is 7.67. The Bertz CT molecular complexity index is 734. The zero-order valence-corrected chi connectivity index (χ0v) is 14.1. The molecule has 5 nitrogen and oxygen atoms in total. The molecule has 0 unspecified atom stereocenters. The van der Waals surface area contributed by atoms with Crippen LogP contribution in [-0.2, 0) is 6.42 Å². The average Bonchev–Trinajstić information content (AvgIpc) is 2.44. The van der Waals surface area contributed by atoms with Crippen molar-refractivity contribution in [3.05, 3.63) is 44.0 Å². The Labute approximate surface area is 139 Å². The van der Waals surface area contributed by atoms with E-state index >= 15 is 0 Å². The van der Waals surface area contributed by atoms with Crippen LogP contribution in [0.15, 0.2) is 22.7 Å². The predicted octanol–water partition coefficient (Wildman–Crippen LogP) is 4.41. The molecule has 0 aliphatic heterocycles. The van der Waals surface area contributed by atoms with Gasteiger partial charge in [0.25, 0.3) is 0 Å². The van der Waals surface area contributed by atoms with E-state index in [0.717, 1.165) is 11.2 Å². The molecule has 0 atom stereocenters. The van der Waals surface area contributed by atoms with Crippen LogP contribution in [-0.4, -0.2) is 14.9 Å². The first-order chi connectivity index (χ1) is 9.93. The van der Waals surface area contributed by atoms with E-state index in [1.807, 2.05) is 6.92 Å². The lowest BCUT2D eigenvalue weighted by Crippen LogP contribution is -2.24. The SMILES string of the molecule is CCCc1nc(Oc2ccc(Cl)cc2Cl)c(Br)c(=N)n1O. The van der Waals surface area contributed by atoms with Gasteiger partial charge in [0.15, 0.2) is 11.3 Å². The third-order valence-corrected chi connectivity index (χ3v) is 3.90. The summed E-state index contributed by atoms with van der Waals surface area (Å²) in [6.45, 7) is 1.95. The molecule has 0 amide bonds. The van der Waals surface area contributed by atoms with Crippen molar-refractivity contribution in [2.75, 3.05) is 0 Å². The third-order valence-electron chi connectivity index (χ3n) is 2.66. The zero-order chi connectivity index (χ0) is 15.6. The Hall–Kier alpha value is -1.24. The molecule has 0 spiro atoms. The highest BCUT2D eigenvalue weighted by Gasteiger charge is 2.15. The predicted molar refractivity (Wildman–Crippen MR) is 83.5 cm³/mol. The number of aryl methyl sites for hydroxylation is 1. The molecule has 0 saturated carbocycles. The minimum absolute atomic E-state index is 0.145. The summed E-state index contributed by atoms with van der Waals surface area (Å²) >= 11 is 15.1. The van der Waals surface area contributed by atoms with Crippen LogP contribution in [0.1, 0.15) is 19.2 Å². The standard InChI is InChI=1S/C13H12BrCl2N3O2/c1-2-3-10-18-13(11(14)12(17)19(10)20)21-9-5-4-7(15)6-8(9)16/h4-6,17,20H,2-3H2,1H3. The van der Waals surface area contributed by atoms with Crippen molar-refractivity contribution in [1.82, 2.24) is 9.71 Å². The maximum absolute atomic E-state index is 9.83. The highest BCUT2D eigenvalue weighted by atomic mass is 79.9. The monoisotopic (exact) mass is 391 g/mol. The lowest BCUT2D eigenvalue weighted by Gasteiger charge is -2.12. The van der Waals surface area contributed by atoms with Crippen LogP contribution in [0, 0.1) is 5.41 Å². The second kappa shape index (κ2) is 6.68. The number of nitrogens with one attached hydrogen (secondary N) is 1. The van der Waals surface area contributed by atoms with Gasteiger partial charge in [0.05, 0.1) is 5.02 Å². The molecule has 0 bridgehead atoms. The van der Waals surface area contributed by atoms with Crippen molar-refractivity contribution in [3.63, 3.8) is 0 Å². The minimum atomic E-state index is -0.145. The number of ether oxygens (including phenoxy) is 1. The molecule has 0 saturated heterocycles. The van der Waals surface area contributed by atoms with Gasteiger partial charge in [-0.2, -0.15) is 9.71 Å². The van der Waals surface area contributed by atoms with Gasteiger partial charge in [-0.05, 0) is 40.5 Å². The van der Waals surface area contributed by atoms with Crippen LogP contribution in [0.4, 0.5) is 0 Å². The molecule has 0 aliphatic rings. The highest BCUT2D eigenvalue weighted by molar-refractivity contribution is 9.10. The van der Waals surface area contributed by atoms with Crippen molar-refractivity contribution in [3.8, 4) is 11.6 Å². The van der Waals surface area contributed by atoms with E-state index in [9.17, 15) is 5.21 Å². The molecular formula is C13H12BrCl2N3O2. The first-order valence-electron chi connectivity index (χ1n) is 6.12. The summed E-state index contributed by atoms with van der Waals surface area (Å²) in [6.07, 6.45) is 1.29. The van der Waals surface area contributed by atoms with Crippen molar-refractivity contribution in [1.29, 1.82) is 5.41 Å². The lowest BCUT2D eigenvalue weighted by molar-refractivity contribution is 0.152. The zero-order valence-electron chi connectivity index (χ0n) is 11.0. The fraction of sp³-hybridized carbons (Fsp3) is 0.231. The summed E-state index contributed by atoms with van der Waals surface area (Å²) in [7, 11) is 0. The molecule has 2 rings (SSSR count). The summed E-state index contributed by atoms with van der Waals surface area (Å²) in [5, 5.41) is 18.5. The fourth-order valence-corrected chi connectivity index (χ4v) is 2.44. The largest absolute Gasteiger partial charge is 0.436 e. The maximum atomic E-state index is 9.83. The Morgan fingerprint density at radius 3 is 2.76 bits per heavy atom. The minimum Gasteiger partial charge on any atom is -0.436 e. The molecule has 0 radical (unpaired) electrons. The van der Waals surface area contributed by atoms with E-state index in [1.54, 1.807) is 18.2 Å².